The zero-order valence-corrected chi connectivity index (χ0v) is 8.85. The molecule has 6 nitrogen and oxygen atoms in total. The molecule has 0 saturated carbocycles. The number of rotatable bonds is 4. The SMILES string of the molecule is C[N+]1(CC(=O)O)CCN(CC(=O)O)CC1. The van der Waals surface area contributed by atoms with Gasteiger partial charge < -0.3 is 14.7 Å². The normalized spacial score (nSPS) is 21.1. The summed E-state index contributed by atoms with van der Waals surface area (Å²) in [6.07, 6.45) is 0. The molecule has 0 atom stereocenters. The number of quaternary nitrogens is 1. The number of hydrogen-bond acceptors (Lipinski definition) is 3. The van der Waals surface area contributed by atoms with Crippen LogP contribution in [0.5, 0.6) is 0 Å². The maximum Gasteiger partial charge on any atom is 0.359 e. The topological polar surface area (TPSA) is 77.8 Å². The van der Waals surface area contributed by atoms with E-state index in [0.29, 0.717) is 30.7 Å². The molecule has 15 heavy (non-hydrogen) atoms. The predicted molar refractivity (Wildman–Crippen MR) is 52.5 cm³/mol. The van der Waals surface area contributed by atoms with Gasteiger partial charge in [-0.25, -0.2) is 4.79 Å². The van der Waals surface area contributed by atoms with Crippen molar-refractivity contribution in [1.82, 2.24) is 4.90 Å². The van der Waals surface area contributed by atoms with Crippen LogP contribution in [0, 0.1) is 0 Å². The Morgan fingerprint density at radius 3 is 2.13 bits per heavy atom. The number of nitrogens with zero attached hydrogens (tertiary/aromatic N) is 2. The molecule has 0 unspecified atom stereocenters. The fraction of sp³-hybridized carbons (Fsp3) is 0.778. The fourth-order valence-electron chi connectivity index (χ4n) is 1.82. The molecule has 0 aromatic carbocycles. The van der Waals surface area contributed by atoms with Crippen LogP contribution in [-0.2, 0) is 9.59 Å². The van der Waals surface area contributed by atoms with E-state index in [2.05, 4.69) is 0 Å². The van der Waals surface area contributed by atoms with Gasteiger partial charge in [-0.05, 0) is 0 Å². The molecular weight excluding hydrogens is 200 g/mol. The van der Waals surface area contributed by atoms with Crippen LogP contribution in [-0.4, -0.2) is 77.9 Å². The van der Waals surface area contributed by atoms with E-state index in [4.69, 9.17) is 10.2 Å². The summed E-state index contributed by atoms with van der Waals surface area (Å²) in [5.74, 6) is -1.63. The summed E-state index contributed by atoms with van der Waals surface area (Å²) < 4.78 is 0.492. The molecule has 1 aliphatic heterocycles. The van der Waals surface area contributed by atoms with Crippen LogP contribution in [0.4, 0.5) is 0 Å². The average molecular weight is 217 g/mol. The lowest BCUT2D eigenvalue weighted by Crippen LogP contribution is -2.59. The van der Waals surface area contributed by atoms with Crippen molar-refractivity contribution >= 4 is 11.9 Å². The molecule has 1 aliphatic rings. The first-order chi connectivity index (χ1) is 6.91. The first-order valence-corrected chi connectivity index (χ1v) is 4.91. The largest absolute Gasteiger partial charge is 0.480 e. The van der Waals surface area contributed by atoms with Gasteiger partial charge in [-0.1, -0.05) is 0 Å². The summed E-state index contributed by atoms with van der Waals surface area (Å²) >= 11 is 0. The molecule has 1 fully saturated rings. The molecule has 2 N–H and O–H groups in total. The Morgan fingerprint density at radius 1 is 1.20 bits per heavy atom. The highest BCUT2D eigenvalue weighted by molar-refractivity contribution is 5.69. The molecule has 0 amide bonds. The smallest absolute Gasteiger partial charge is 0.359 e. The van der Waals surface area contributed by atoms with Gasteiger partial charge in [0.15, 0.2) is 6.54 Å². The molecule has 0 aromatic heterocycles. The molecule has 0 bridgehead atoms. The van der Waals surface area contributed by atoms with Crippen molar-refractivity contribution in [1.29, 1.82) is 0 Å². The van der Waals surface area contributed by atoms with Gasteiger partial charge >= 0.3 is 11.9 Å². The van der Waals surface area contributed by atoms with Crippen LogP contribution in [0.25, 0.3) is 0 Å². The zero-order valence-electron chi connectivity index (χ0n) is 8.85. The van der Waals surface area contributed by atoms with E-state index in [1.165, 1.54) is 0 Å². The van der Waals surface area contributed by atoms with Crippen LogP contribution < -0.4 is 0 Å². The number of carboxylic acid groups (broad SMARTS) is 2. The second-order valence-corrected chi connectivity index (χ2v) is 4.29. The van der Waals surface area contributed by atoms with Gasteiger partial charge in [0.05, 0.1) is 26.7 Å². The van der Waals surface area contributed by atoms with E-state index in [9.17, 15) is 9.59 Å². The van der Waals surface area contributed by atoms with E-state index in [0.717, 1.165) is 0 Å². The molecule has 0 aromatic rings. The van der Waals surface area contributed by atoms with Crippen LogP contribution >= 0.6 is 0 Å². The summed E-state index contributed by atoms with van der Waals surface area (Å²) in [4.78, 5) is 22.9. The molecule has 6 heteroatoms. The third-order valence-electron chi connectivity index (χ3n) is 2.79. The van der Waals surface area contributed by atoms with Crippen molar-refractivity contribution < 1.29 is 24.3 Å². The van der Waals surface area contributed by atoms with Crippen molar-refractivity contribution in [2.24, 2.45) is 0 Å². The van der Waals surface area contributed by atoms with Gasteiger partial charge in [0.2, 0.25) is 0 Å². The molecule has 0 aliphatic carbocycles. The molecule has 0 radical (unpaired) electrons. The maximum absolute atomic E-state index is 10.6. The number of aliphatic carboxylic acids is 2. The van der Waals surface area contributed by atoms with E-state index < -0.39 is 11.9 Å². The van der Waals surface area contributed by atoms with Gasteiger partial charge in [-0.15, -0.1) is 0 Å². The lowest BCUT2D eigenvalue weighted by molar-refractivity contribution is -0.906. The molecule has 0 spiro atoms. The maximum atomic E-state index is 10.6. The quantitative estimate of drug-likeness (QED) is 0.586. The van der Waals surface area contributed by atoms with Crippen LogP contribution in [0.15, 0.2) is 0 Å². The van der Waals surface area contributed by atoms with Gasteiger partial charge in [-0.2, -0.15) is 0 Å². The van der Waals surface area contributed by atoms with E-state index in [1.807, 2.05) is 11.9 Å². The summed E-state index contributed by atoms with van der Waals surface area (Å²) in [6.45, 7) is 2.85. The Labute approximate surface area is 88.3 Å². The van der Waals surface area contributed by atoms with E-state index in [-0.39, 0.29) is 13.1 Å². The number of piperazine rings is 1. The van der Waals surface area contributed by atoms with Crippen molar-refractivity contribution in [2.75, 3.05) is 46.3 Å². The third-order valence-corrected chi connectivity index (χ3v) is 2.79. The standard InChI is InChI=1S/C9H16N2O4/c1-11(7-9(14)15)4-2-10(3-5-11)6-8(12)13/h2-7H2,1H3,(H-,12,13,14,15)/p+1. The van der Waals surface area contributed by atoms with Gasteiger partial charge in [0, 0.05) is 13.1 Å². The Kier molecular flexibility index (Phi) is 3.65. The fourth-order valence-corrected chi connectivity index (χ4v) is 1.82. The number of carboxylic acids is 2. The van der Waals surface area contributed by atoms with Crippen molar-refractivity contribution in [3.05, 3.63) is 0 Å². The second-order valence-electron chi connectivity index (χ2n) is 4.29. The second kappa shape index (κ2) is 4.59. The molecule has 1 saturated heterocycles. The zero-order chi connectivity index (χ0) is 11.5. The molecule has 1 heterocycles. The minimum atomic E-state index is -0.829. The Hall–Kier alpha value is -1.14. The van der Waals surface area contributed by atoms with Crippen LogP contribution in [0.1, 0.15) is 0 Å². The van der Waals surface area contributed by atoms with Crippen molar-refractivity contribution in [3.63, 3.8) is 0 Å². The van der Waals surface area contributed by atoms with Gasteiger partial charge in [-0.3, -0.25) is 9.69 Å². The number of likely N-dealkylation sites (N-methyl/N-ethyl adjacent to an activating group) is 1. The molecular formula is C9H17N2O4+. The lowest BCUT2D eigenvalue weighted by Gasteiger charge is -2.40. The predicted octanol–water partition coefficient (Wildman–Crippen LogP) is -1.08. The van der Waals surface area contributed by atoms with Gasteiger partial charge in [0.1, 0.15) is 0 Å². The highest BCUT2D eigenvalue weighted by Gasteiger charge is 2.31. The Morgan fingerprint density at radius 2 is 1.73 bits per heavy atom. The first kappa shape index (κ1) is 11.9. The summed E-state index contributed by atoms with van der Waals surface area (Å²) in [7, 11) is 1.90. The Balaban J connectivity index is 2.40. The first-order valence-electron chi connectivity index (χ1n) is 4.91. The summed E-state index contributed by atoms with van der Waals surface area (Å²) in [6, 6.07) is 0. The highest BCUT2D eigenvalue weighted by atomic mass is 16.4. The number of hydrogen-bond donors (Lipinski definition) is 2. The Bertz CT molecular complexity index is 259. The minimum Gasteiger partial charge on any atom is -0.480 e. The van der Waals surface area contributed by atoms with Gasteiger partial charge in [0.25, 0.3) is 0 Å². The summed E-state index contributed by atoms with van der Waals surface area (Å²) in [5.41, 5.74) is 0. The third kappa shape index (κ3) is 3.85. The number of carbonyl (C=O) groups is 2. The van der Waals surface area contributed by atoms with Crippen molar-refractivity contribution in [3.8, 4) is 0 Å². The van der Waals surface area contributed by atoms with Crippen LogP contribution in [0.3, 0.4) is 0 Å². The average Bonchev–Trinajstić information content (AvgIpc) is 2.07. The molecule has 1 rings (SSSR count). The summed E-state index contributed by atoms with van der Waals surface area (Å²) in [5, 5.41) is 17.3. The highest BCUT2D eigenvalue weighted by Crippen LogP contribution is 2.09. The van der Waals surface area contributed by atoms with E-state index >= 15 is 0 Å². The molecule has 86 valence electrons. The minimum absolute atomic E-state index is 0.0487. The van der Waals surface area contributed by atoms with Crippen molar-refractivity contribution in [2.45, 2.75) is 0 Å². The van der Waals surface area contributed by atoms with E-state index in [1.54, 1.807) is 0 Å². The monoisotopic (exact) mass is 217 g/mol. The van der Waals surface area contributed by atoms with Crippen LogP contribution in [0.2, 0.25) is 0 Å². The lowest BCUT2D eigenvalue weighted by atomic mass is 10.2.